The van der Waals surface area contributed by atoms with Crippen LogP contribution < -0.4 is 5.32 Å². The highest BCUT2D eigenvalue weighted by Gasteiger charge is 2.30. The molecule has 18 heavy (non-hydrogen) atoms. The Morgan fingerprint density at radius 3 is 2.11 bits per heavy atom. The van der Waals surface area contributed by atoms with Crippen molar-refractivity contribution in [1.29, 1.82) is 0 Å². The van der Waals surface area contributed by atoms with Crippen LogP contribution >= 0.6 is 0 Å². The van der Waals surface area contributed by atoms with Crippen LogP contribution in [0.5, 0.6) is 0 Å². The molecule has 0 fully saturated rings. The van der Waals surface area contributed by atoms with E-state index in [1.807, 2.05) is 0 Å². The molecule has 2 rings (SSSR count). The van der Waals surface area contributed by atoms with Gasteiger partial charge in [0, 0.05) is 11.3 Å². The summed E-state index contributed by atoms with van der Waals surface area (Å²) < 4.78 is 40.2. The molecule has 94 valence electrons. The number of halogens is 3. The van der Waals surface area contributed by atoms with Crippen LogP contribution in [0.15, 0.2) is 54.6 Å². The summed E-state index contributed by atoms with van der Waals surface area (Å²) in [6.07, 6.45) is 0. The molecule has 0 saturated heterocycles. The molecule has 0 bridgehead atoms. The van der Waals surface area contributed by atoms with E-state index in [0.29, 0.717) is 5.69 Å². The predicted molar refractivity (Wildman–Crippen MR) is 65.2 cm³/mol. The molecule has 0 radical (unpaired) electrons. The Balaban J connectivity index is 2.03. The number of hydrogen-bond acceptors (Lipinski definition) is 1. The van der Waals surface area contributed by atoms with Gasteiger partial charge in [0.05, 0.1) is 6.54 Å². The van der Waals surface area contributed by atoms with Crippen molar-refractivity contribution < 1.29 is 13.2 Å². The maximum atomic E-state index is 13.8. The maximum absolute atomic E-state index is 13.8. The quantitative estimate of drug-likeness (QED) is 0.865. The SMILES string of the molecule is Fc1ccc(NCC(F)(F)c2ccccc2)cc1. The largest absolute Gasteiger partial charge is 0.379 e. The van der Waals surface area contributed by atoms with Gasteiger partial charge in [-0.2, -0.15) is 8.78 Å². The number of hydrogen-bond donors (Lipinski definition) is 1. The van der Waals surface area contributed by atoms with Gasteiger partial charge in [-0.25, -0.2) is 4.39 Å². The summed E-state index contributed by atoms with van der Waals surface area (Å²) in [4.78, 5) is 0. The molecule has 0 aliphatic heterocycles. The molecule has 2 aromatic rings. The predicted octanol–water partition coefficient (Wildman–Crippen LogP) is 4.03. The monoisotopic (exact) mass is 251 g/mol. The van der Waals surface area contributed by atoms with E-state index in [0.717, 1.165) is 0 Å². The zero-order valence-electron chi connectivity index (χ0n) is 9.54. The molecular formula is C14H12F3N. The van der Waals surface area contributed by atoms with E-state index in [4.69, 9.17) is 0 Å². The average Bonchev–Trinajstić information content (AvgIpc) is 2.39. The van der Waals surface area contributed by atoms with Gasteiger partial charge in [-0.15, -0.1) is 0 Å². The Morgan fingerprint density at radius 1 is 0.889 bits per heavy atom. The maximum Gasteiger partial charge on any atom is 0.290 e. The molecule has 0 saturated carbocycles. The molecule has 4 heteroatoms. The van der Waals surface area contributed by atoms with Crippen molar-refractivity contribution >= 4 is 5.69 Å². The molecule has 0 spiro atoms. The molecule has 0 aliphatic rings. The topological polar surface area (TPSA) is 12.0 Å². The molecule has 0 amide bonds. The molecular weight excluding hydrogens is 239 g/mol. The van der Waals surface area contributed by atoms with Gasteiger partial charge < -0.3 is 5.32 Å². The minimum atomic E-state index is -2.96. The Kier molecular flexibility index (Phi) is 3.55. The highest BCUT2D eigenvalue weighted by atomic mass is 19.3. The van der Waals surface area contributed by atoms with Gasteiger partial charge in [0.25, 0.3) is 5.92 Å². The number of rotatable bonds is 4. The molecule has 0 heterocycles. The Labute approximate surface area is 103 Å². The first-order chi connectivity index (χ1) is 8.58. The van der Waals surface area contributed by atoms with Crippen LogP contribution in [0.1, 0.15) is 5.56 Å². The van der Waals surface area contributed by atoms with Crippen LogP contribution in [0.25, 0.3) is 0 Å². The first kappa shape index (κ1) is 12.5. The Bertz CT molecular complexity index is 494. The summed E-state index contributed by atoms with van der Waals surface area (Å²) in [6.45, 7) is -0.525. The summed E-state index contributed by atoms with van der Waals surface area (Å²) in [5.41, 5.74) is 0.423. The fourth-order valence-electron chi connectivity index (χ4n) is 1.56. The van der Waals surface area contributed by atoms with E-state index in [9.17, 15) is 13.2 Å². The third kappa shape index (κ3) is 3.03. The summed E-state index contributed by atoms with van der Waals surface area (Å²) >= 11 is 0. The van der Waals surface area contributed by atoms with Crippen molar-refractivity contribution in [3.05, 3.63) is 66.0 Å². The zero-order valence-corrected chi connectivity index (χ0v) is 9.54. The van der Waals surface area contributed by atoms with E-state index in [2.05, 4.69) is 5.32 Å². The number of benzene rings is 2. The van der Waals surface area contributed by atoms with Crippen molar-refractivity contribution in [3.8, 4) is 0 Å². The van der Waals surface area contributed by atoms with Crippen molar-refractivity contribution in [3.63, 3.8) is 0 Å². The second kappa shape index (κ2) is 5.12. The van der Waals surface area contributed by atoms with Crippen LogP contribution in [0.4, 0.5) is 18.9 Å². The normalized spacial score (nSPS) is 11.3. The van der Waals surface area contributed by atoms with Gasteiger partial charge in [0.2, 0.25) is 0 Å². The fraction of sp³-hybridized carbons (Fsp3) is 0.143. The van der Waals surface area contributed by atoms with E-state index in [-0.39, 0.29) is 5.56 Å². The van der Waals surface area contributed by atoms with Gasteiger partial charge in [-0.1, -0.05) is 30.3 Å². The van der Waals surface area contributed by atoms with Crippen LogP contribution in [0.3, 0.4) is 0 Å². The average molecular weight is 251 g/mol. The first-order valence-electron chi connectivity index (χ1n) is 5.51. The minimum Gasteiger partial charge on any atom is -0.379 e. The third-order valence-corrected chi connectivity index (χ3v) is 2.55. The van der Waals surface area contributed by atoms with Crippen molar-refractivity contribution in [1.82, 2.24) is 0 Å². The van der Waals surface area contributed by atoms with Gasteiger partial charge >= 0.3 is 0 Å². The standard InChI is InChI=1S/C14H12F3N/c15-12-6-8-13(9-7-12)18-10-14(16,17)11-4-2-1-3-5-11/h1-9,18H,10H2. The fourth-order valence-corrected chi connectivity index (χ4v) is 1.56. The van der Waals surface area contributed by atoms with Crippen molar-refractivity contribution in [2.24, 2.45) is 0 Å². The van der Waals surface area contributed by atoms with Crippen LogP contribution in [0, 0.1) is 5.82 Å². The minimum absolute atomic E-state index is 0.0420. The van der Waals surface area contributed by atoms with Gasteiger partial charge in [-0.3, -0.25) is 0 Å². The molecule has 0 aliphatic carbocycles. The lowest BCUT2D eigenvalue weighted by molar-refractivity contribution is 0.0106. The Morgan fingerprint density at radius 2 is 1.50 bits per heavy atom. The Hall–Kier alpha value is -1.97. The summed E-state index contributed by atoms with van der Waals surface area (Å²) in [5.74, 6) is -3.36. The lowest BCUT2D eigenvalue weighted by atomic mass is 10.1. The van der Waals surface area contributed by atoms with E-state index >= 15 is 0 Å². The first-order valence-corrected chi connectivity index (χ1v) is 5.51. The molecule has 2 aromatic carbocycles. The highest BCUT2D eigenvalue weighted by Crippen LogP contribution is 2.27. The van der Waals surface area contributed by atoms with Crippen molar-refractivity contribution in [2.45, 2.75) is 5.92 Å². The van der Waals surface area contributed by atoms with Crippen LogP contribution in [-0.4, -0.2) is 6.54 Å². The molecule has 0 atom stereocenters. The van der Waals surface area contributed by atoms with Crippen LogP contribution in [-0.2, 0) is 5.92 Å². The summed E-state index contributed by atoms with van der Waals surface area (Å²) in [7, 11) is 0. The summed E-state index contributed by atoms with van der Waals surface area (Å²) in [5, 5.41) is 2.59. The van der Waals surface area contributed by atoms with Gasteiger partial charge in [0.15, 0.2) is 0 Å². The zero-order chi connectivity index (χ0) is 13.0. The third-order valence-electron chi connectivity index (χ3n) is 2.55. The number of nitrogens with one attached hydrogen (secondary N) is 1. The van der Waals surface area contributed by atoms with Crippen LogP contribution in [0.2, 0.25) is 0 Å². The molecule has 0 aromatic heterocycles. The molecule has 1 N–H and O–H groups in total. The summed E-state index contributed by atoms with van der Waals surface area (Å²) in [6, 6.07) is 12.9. The van der Waals surface area contributed by atoms with E-state index in [1.54, 1.807) is 18.2 Å². The second-order valence-electron chi connectivity index (χ2n) is 3.93. The lowest BCUT2D eigenvalue weighted by Gasteiger charge is -2.18. The van der Waals surface area contributed by atoms with Crippen molar-refractivity contribution in [2.75, 3.05) is 11.9 Å². The van der Waals surface area contributed by atoms with E-state index < -0.39 is 18.3 Å². The lowest BCUT2D eigenvalue weighted by Crippen LogP contribution is -2.24. The van der Waals surface area contributed by atoms with Gasteiger partial charge in [0.1, 0.15) is 5.82 Å². The second-order valence-corrected chi connectivity index (χ2v) is 3.93. The van der Waals surface area contributed by atoms with E-state index in [1.165, 1.54) is 36.4 Å². The van der Waals surface area contributed by atoms with Gasteiger partial charge in [-0.05, 0) is 24.3 Å². The molecule has 1 nitrogen and oxygen atoms in total. The smallest absolute Gasteiger partial charge is 0.290 e. The number of anilines is 1. The number of alkyl halides is 2. The highest BCUT2D eigenvalue weighted by molar-refractivity contribution is 5.43. The molecule has 0 unspecified atom stereocenters.